The summed E-state index contributed by atoms with van der Waals surface area (Å²) >= 11 is 0. The topological polar surface area (TPSA) is 55.4 Å². The Bertz CT molecular complexity index is 675. The Balaban J connectivity index is 2.12. The van der Waals surface area contributed by atoms with Crippen molar-refractivity contribution in [3.8, 4) is 0 Å². The van der Waals surface area contributed by atoms with E-state index in [9.17, 15) is 9.59 Å². The van der Waals surface area contributed by atoms with Gasteiger partial charge in [-0.2, -0.15) is 0 Å². The van der Waals surface area contributed by atoms with Crippen LogP contribution in [0.5, 0.6) is 0 Å². The standard InChI is InChI=1S/C20H23NO3/c1-20(2,3)21-18(22)17(15-10-6-4-7-11-15)14-24-19(23)16-12-8-5-9-13-16/h4-13,17H,14H2,1-3H3,(H,21,22). The molecule has 0 heterocycles. The van der Waals surface area contributed by atoms with E-state index < -0.39 is 11.9 Å². The molecule has 2 aromatic rings. The third-order valence-corrected chi connectivity index (χ3v) is 3.41. The number of nitrogens with one attached hydrogen (secondary N) is 1. The highest BCUT2D eigenvalue weighted by Gasteiger charge is 2.26. The highest BCUT2D eigenvalue weighted by molar-refractivity contribution is 5.90. The molecule has 0 saturated carbocycles. The fraction of sp³-hybridized carbons (Fsp3) is 0.300. The normalized spacial score (nSPS) is 12.3. The summed E-state index contributed by atoms with van der Waals surface area (Å²) in [5.41, 5.74) is 0.939. The van der Waals surface area contributed by atoms with E-state index in [1.54, 1.807) is 24.3 Å². The molecule has 0 aliphatic rings. The molecule has 0 aliphatic heterocycles. The van der Waals surface area contributed by atoms with E-state index in [4.69, 9.17) is 4.74 Å². The van der Waals surface area contributed by atoms with Crippen LogP contribution < -0.4 is 5.32 Å². The van der Waals surface area contributed by atoms with Crippen molar-refractivity contribution in [3.05, 3.63) is 71.8 Å². The smallest absolute Gasteiger partial charge is 0.338 e. The van der Waals surface area contributed by atoms with Crippen LogP contribution in [0.1, 0.15) is 42.6 Å². The zero-order valence-corrected chi connectivity index (χ0v) is 14.3. The average Bonchev–Trinajstić information content (AvgIpc) is 2.55. The molecule has 1 unspecified atom stereocenters. The molecule has 1 atom stereocenters. The molecule has 0 fully saturated rings. The van der Waals surface area contributed by atoms with Crippen molar-refractivity contribution in [2.45, 2.75) is 32.2 Å². The largest absolute Gasteiger partial charge is 0.461 e. The summed E-state index contributed by atoms with van der Waals surface area (Å²) in [6.45, 7) is 5.76. The van der Waals surface area contributed by atoms with Crippen LogP contribution in [0.2, 0.25) is 0 Å². The molecule has 2 aromatic carbocycles. The maximum atomic E-state index is 12.6. The van der Waals surface area contributed by atoms with Gasteiger partial charge in [0, 0.05) is 5.54 Å². The Kier molecular flexibility index (Phi) is 5.74. The van der Waals surface area contributed by atoms with Crippen molar-refractivity contribution in [2.24, 2.45) is 0 Å². The Morgan fingerprint density at radius 3 is 2.04 bits per heavy atom. The molecule has 1 amide bonds. The maximum Gasteiger partial charge on any atom is 0.338 e. The van der Waals surface area contributed by atoms with Crippen LogP contribution in [0.15, 0.2) is 60.7 Å². The number of carbonyl (C=O) groups is 2. The molecular formula is C20H23NO3. The van der Waals surface area contributed by atoms with Crippen molar-refractivity contribution < 1.29 is 14.3 Å². The number of amides is 1. The fourth-order valence-electron chi connectivity index (χ4n) is 2.28. The molecule has 0 spiro atoms. The van der Waals surface area contributed by atoms with E-state index in [1.807, 2.05) is 57.2 Å². The van der Waals surface area contributed by atoms with Gasteiger partial charge in [0.2, 0.25) is 5.91 Å². The van der Waals surface area contributed by atoms with E-state index in [-0.39, 0.29) is 18.1 Å². The van der Waals surface area contributed by atoms with Gasteiger partial charge in [0.15, 0.2) is 0 Å². The Morgan fingerprint density at radius 2 is 1.50 bits per heavy atom. The Labute approximate surface area is 142 Å². The van der Waals surface area contributed by atoms with Crippen LogP contribution in [0.25, 0.3) is 0 Å². The number of carbonyl (C=O) groups excluding carboxylic acids is 2. The summed E-state index contributed by atoms with van der Waals surface area (Å²) in [5.74, 6) is -1.13. The maximum absolute atomic E-state index is 12.6. The zero-order valence-electron chi connectivity index (χ0n) is 14.3. The molecule has 1 N–H and O–H groups in total. The van der Waals surface area contributed by atoms with Gasteiger partial charge in [0.1, 0.15) is 6.61 Å². The first-order chi connectivity index (χ1) is 11.4. The summed E-state index contributed by atoms with van der Waals surface area (Å²) in [6.07, 6.45) is 0. The molecule has 2 rings (SSSR count). The third kappa shape index (κ3) is 5.23. The predicted molar refractivity (Wildman–Crippen MR) is 93.8 cm³/mol. The minimum atomic E-state index is -0.543. The quantitative estimate of drug-likeness (QED) is 0.856. The number of rotatable bonds is 5. The lowest BCUT2D eigenvalue weighted by molar-refractivity contribution is -0.124. The number of hydrogen-bond donors (Lipinski definition) is 1. The monoisotopic (exact) mass is 325 g/mol. The van der Waals surface area contributed by atoms with Gasteiger partial charge in [0.05, 0.1) is 11.5 Å². The van der Waals surface area contributed by atoms with Gasteiger partial charge in [-0.15, -0.1) is 0 Å². The van der Waals surface area contributed by atoms with Gasteiger partial charge in [-0.25, -0.2) is 4.79 Å². The summed E-state index contributed by atoms with van der Waals surface area (Å²) in [7, 11) is 0. The molecular weight excluding hydrogens is 302 g/mol. The zero-order chi connectivity index (χ0) is 17.6. The summed E-state index contributed by atoms with van der Waals surface area (Å²) in [6, 6.07) is 18.1. The van der Waals surface area contributed by atoms with Crippen LogP contribution in [0.4, 0.5) is 0 Å². The second kappa shape index (κ2) is 7.77. The molecule has 0 aliphatic carbocycles. The predicted octanol–water partition coefficient (Wildman–Crippen LogP) is 3.54. The number of benzene rings is 2. The highest BCUT2D eigenvalue weighted by Crippen LogP contribution is 2.18. The van der Waals surface area contributed by atoms with Crippen LogP contribution in [-0.2, 0) is 9.53 Å². The molecule has 0 aromatic heterocycles. The molecule has 4 heteroatoms. The SMILES string of the molecule is CC(C)(C)NC(=O)C(COC(=O)c1ccccc1)c1ccccc1. The summed E-state index contributed by atoms with van der Waals surface area (Å²) in [5, 5.41) is 2.95. The molecule has 0 saturated heterocycles. The second-order valence-corrected chi connectivity index (χ2v) is 6.67. The molecule has 24 heavy (non-hydrogen) atoms. The minimum absolute atomic E-state index is 0.000343. The van der Waals surface area contributed by atoms with Crippen LogP contribution >= 0.6 is 0 Å². The van der Waals surface area contributed by atoms with Gasteiger partial charge in [-0.05, 0) is 38.5 Å². The van der Waals surface area contributed by atoms with Crippen LogP contribution in [0.3, 0.4) is 0 Å². The Hall–Kier alpha value is -2.62. The van der Waals surface area contributed by atoms with Gasteiger partial charge < -0.3 is 10.1 Å². The van der Waals surface area contributed by atoms with Crippen LogP contribution in [0, 0.1) is 0 Å². The van der Waals surface area contributed by atoms with Crippen molar-refractivity contribution in [2.75, 3.05) is 6.61 Å². The number of ether oxygens (including phenoxy) is 1. The minimum Gasteiger partial charge on any atom is -0.461 e. The lowest BCUT2D eigenvalue weighted by Gasteiger charge is -2.25. The van der Waals surface area contributed by atoms with Gasteiger partial charge in [-0.3, -0.25) is 4.79 Å². The first kappa shape index (κ1) is 17.7. The molecule has 126 valence electrons. The average molecular weight is 325 g/mol. The van der Waals surface area contributed by atoms with Crippen molar-refractivity contribution in [3.63, 3.8) is 0 Å². The summed E-state index contributed by atoms with van der Waals surface area (Å²) in [4.78, 5) is 24.7. The molecule has 0 radical (unpaired) electrons. The Morgan fingerprint density at radius 1 is 0.958 bits per heavy atom. The highest BCUT2D eigenvalue weighted by atomic mass is 16.5. The van der Waals surface area contributed by atoms with Crippen molar-refractivity contribution >= 4 is 11.9 Å². The summed E-state index contributed by atoms with van der Waals surface area (Å²) < 4.78 is 5.38. The van der Waals surface area contributed by atoms with Crippen molar-refractivity contribution in [1.82, 2.24) is 5.32 Å². The van der Waals surface area contributed by atoms with E-state index >= 15 is 0 Å². The lowest BCUT2D eigenvalue weighted by Crippen LogP contribution is -2.44. The van der Waals surface area contributed by atoms with Gasteiger partial charge in [-0.1, -0.05) is 48.5 Å². The second-order valence-electron chi connectivity index (χ2n) is 6.67. The lowest BCUT2D eigenvalue weighted by atomic mass is 9.97. The first-order valence-electron chi connectivity index (χ1n) is 7.96. The van der Waals surface area contributed by atoms with Gasteiger partial charge in [0.25, 0.3) is 0 Å². The number of hydrogen-bond acceptors (Lipinski definition) is 3. The molecule has 0 bridgehead atoms. The van der Waals surface area contributed by atoms with E-state index in [0.29, 0.717) is 5.56 Å². The first-order valence-corrected chi connectivity index (χ1v) is 7.96. The fourth-order valence-corrected chi connectivity index (χ4v) is 2.28. The van der Waals surface area contributed by atoms with E-state index in [0.717, 1.165) is 5.56 Å². The van der Waals surface area contributed by atoms with E-state index in [1.165, 1.54) is 0 Å². The van der Waals surface area contributed by atoms with E-state index in [2.05, 4.69) is 5.32 Å². The number of esters is 1. The van der Waals surface area contributed by atoms with Gasteiger partial charge >= 0.3 is 5.97 Å². The molecule has 4 nitrogen and oxygen atoms in total. The van der Waals surface area contributed by atoms with Crippen LogP contribution in [-0.4, -0.2) is 24.0 Å². The third-order valence-electron chi connectivity index (χ3n) is 3.41. The van der Waals surface area contributed by atoms with Crippen molar-refractivity contribution in [1.29, 1.82) is 0 Å².